The number of aliphatic hydroxyl groups is 1. The number of pyridine rings is 1. The Labute approximate surface area is 250 Å². The zero-order valence-electron chi connectivity index (χ0n) is 24.4. The Kier molecular flexibility index (Phi) is 8.87. The number of ether oxygens (including phenoxy) is 1. The van der Waals surface area contributed by atoms with E-state index < -0.39 is 12.1 Å². The smallest absolute Gasteiger partial charge is 0.321 e. The highest BCUT2D eigenvalue weighted by atomic mass is 16.5. The number of nitrogens with zero attached hydrogens (tertiary/aromatic N) is 3. The number of nitrogens with one attached hydrogen (secondary N) is 2. The number of para-hydroxylation sites is 1. The Morgan fingerprint density at radius 1 is 1.02 bits per heavy atom. The molecule has 0 saturated carbocycles. The molecule has 4 aromatic rings. The Bertz CT molecular complexity index is 1620. The third-order valence-corrected chi connectivity index (χ3v) is 7.71. The average molecular weight is 582 g/mol. The number of hydrogen-bond acceptors (Lipinski definition) is 6. The highest BCUT2D eigenvalue weighted by molar-refractivity contribution is 6.07. The van der Waals surface area contributed by atoms with Crippen LogP contribution < -0.4 is 15.4 Å². The summed E-state index contributed by atoms with van der Waals surface area (Å²) in [7, 11) is 1.69. The summed E-state index contributed by atoms with van der Waals surface area (Å²) in [6.07, 6.45) is 2.49. The van der Waals surface area contributed by atoms with E-state index in [2.05, 4.69) is 15.6 Å². The van der Waals surface area contributed by atoms with E-state index in [0.29, 0.717) is 23.5 Å². The zero-order chi connectivity index (χ0) is 30.5. The summed E-state index contributed by atoms with van der Waals surface area (Å²) in [6, 6.07) is 21.0. The number of amides is 4. The van der Waals surface area contributed by atoms with Crippen molar-refractivity contribution in [1.82, 2.24) is 14.8 Å². The topological polar surface area (TPSA) is 124 Å². The molecular weight excluding hydrogens is 546 g/mol. The lowest BCUT2D eigenvalue weighted by Crippen LogP contribution is -2.50. The first-order chi connectivity index (χ1) is 20.8. The molecule has 10 nitrogen and oxygen atoms in total. The number of carbonyl (C=O) groups is 3. The van der Waals surface area contributed by atoms with E-state index >= 15 is 0 Å². The molecule has 0 unspecified atom stereocenters. The van der Waals surface area contributed by atoms with Crippen molar-refractivity contribution in [3.8, 4) is 5.75 Å². The van der Waals surface area contributed by atoms with Crippen LogP contribution in [-0.2, 0) is 0 Å². The van der Waals surface area contributed by atoms with Crippen molar-refractivity contribution in [3.05, 3.63) is 96.3 Å². The number of aliphatic hydroxyl groups excluding tert-OH is 1. The SMILES string of the molecule is C[C@@H]1CN([C@H](C)CO)C(=O)c2cccc(NC(=O)c3ccncc3)c2O[C@H]1CN(C)C(=O)Nc1cccc2ccccc12. The van der Waals surface area contributed by atoms with Crippen LogP contribution in [0.5, 0.6) is 5.75 Å². The quantitative estimate of drug-likeness (QED) is 0.286. The van der Waals surface area contributed by atoms with Gasteiger partial charge in [-0.15, -0.1) is 0 Å². The third kappa shape index (κ3) is 6.44. The number of anilines is 2. The van der Waals surface area contributed by atoms with Crippen molar-refractivity contribution < 1.29 is 24.2 Å². The second kappa shape index (κ2) is 12.9. The maximum absolute atomic E-state index is 13.7. The number of urea groups is 1. The molecule has 3 N–H and O–H groups in total. The number of rotatable bonds is 7. The molecule has 4 amide bonds. The molecule has 1 aliphatic rings. The van der Waals surface area contributed by atoms with Gasteiger partial charge in [0.25, 0.3) is 11.8 Å². The van der Waals surface area contributed by atoms with Crippen molar-refractivity contribution in [2.75, 3.05) is 37.4 Å². The fourth-order valence-corrected chi connectivity index (χ4v) is 5.16. The maximum Gasteiger partial charge on any atom is 0.321 e. The van der Waals surface area contributed by atoms with E-state index in [0.717, 1.165) is 10.8 Å². The van der Waals surface area contributed by atoms with Crippen molar-refractivity contribution >= 4 is 40.0 Å². The van der Waals surface area contributed by atoms with E-state index in [1.54, 1.807) is 54.1 Å². The number of aromatic nitrogens is 1. The Hall–Kier alpha value is -4.96. The molecule has 43 heavy (non-hydrogen) atoms. The normalized spacial score (nSPS) is 17.2. The van der Waals surface area contributed by atoms with Gasteiger partial charge in [0.15, 0.2) is 5.75 Å². The molecule has 0 spiro atoms. The van der Waals surface area contributed by atoms with E-state index in [-0.39, 0.29) is 48.2 Å². The van der Waals surface area contributed by atoms with Crippen molar-refractivity contribution in [2.24, 2.45) is 5.92 Å². The Balaban J connectivity index is 1.44. The largest absolute Gasteiger partial charge is 0.485 e. The van der Waals surface area contributed by atoms with Gasteiger partial charge in [0.2, 0.25) is 0 Å². The highest BCUT2D eigenvalue weighted by Gasteiger charge is 2.35. The third-order valence-electron chi connectivity index (χ3n) is 7.71. The first-order valence-corrected chi connectivity index (χ1v) is 14.2. The van der Waals surface area contributed by atoms with Crippen molar-refractivity contribution in [1.29, 1.82) is 0 Å². The van der Waals surface area contributed by atoms with Crippen LogP contribution in [0.2, 0.25) is 0 Å². The van der Waals surface area contributed by atoms with Gasteiger partial charge >= 0.3 is 6.03 Å². The standard InChI is InChI=1S/C33H35N5O5/c1-21-18-38(22(2)20-39)32(41)26-11-7-13-28(35-31(40)24-14-16-34-17-15-24)30(26)43-29(21)19-37(3)33(42)36-27-12-6-9-23-8-4-5-10-25(23)27/h4-17,21-22,29,39H,18-20H2,1-3H3,(H,35,40)(H,36,42)/t21-,22-,29+/m1/s1. The minimum atomic E-state index is -0.553. The number of fused-ring (bicyclic) bond motifs is 2. The van der Waals surface area contributed by atoms with Crippen molar-refractivity contribution in [3.63, 3.8) is 0 Å². The molecule has 1 aliphatic heterocycles. The van der Waals surface area contributed by atoms with Crippen molar-refractivity contribution in [2.45, 2.75) is 26.0 Å². The molecule has 1 aromatic heterocycles. The second-order valence-corrected chi connectivity index (χ2v) is 10.8. The number of benzene rings is 3. The molecule has 0 saturated heterocycles. The molecule has 3 aromatic carbocycles. The molecular formula is C33H35N5O5. The van der Waals surface area contributed by atoms with Gasteiger partial charge in [-0.25, -0.2) is 4.79 Å². The molecule has 0 bridgehead atoms. The number of hydrogen-bond donors (Lipinski definition) is 3. The lowest BCUT2D eigenvalue weighted by molar-refractivity contribution is 0.0372. The predicted octanol–water partition coefficient (Wildman–Crippen LogP) is 4.87. The summed E-state index contributed by atoms with van der Waals surface area (Å²) in [6.45, 7) is 4.00. The van der Waals surface area contributed by atoms with Gasteiger partial charge in [-0.3, -0.25) is 14.6 Å². The van der Waals surface area contributed by atoms with Gasteiger partial charge in [0, 0.05) is 42.9 Å². The minimum absolute atomic E-state index is 0.194. The van der Waals surface area contributed by atoms with Crippen LogP contribution in [0.1, 0.15) is 34.6 Å². The fraction of sp³-hybridized carbons (Fsp3) is 0.273. The summed E-state index contributed by atoms with van der Waals surface area (Å²) in [5.74, 6) is -0.720. The van der Waals surface area contributed by atoms with Gasteiger partial charge in [-0.05, 0) is 42.6 Å². The van der Waals surface area contributed by atoms with E-state index in [1.165, 1.54) is 12.4 Å². The molecule has 0 aliphatic carbocycles. The summed E-state index contributed by atoms with van der Waals surface area (Å²) in [4.78, 5) is 47.3. The van der Waals surface area contributed by atoms with Crippen LogP contribution in [0.3, 0.4) is 0 Å². The Morgan fingerprint density at radius 2 is 1.72 bits per heavy atom. The van der Waals surface area contributed by atoms with Crippen LogP contribution in [0.15, 0.2) is 85.2 Å². The van der Waals surface area contributed by atoms with Crippen LogP contribution >= 0.6 is 0 Å². The first kappa shape index (κ1) is 29.5. The van der Waals surface area contributed by atoms with Gasteiger partial charge in [0.05, 0.1) is 36.1 Å². The fourth-order valence-electron chi connectivity index (χ4n) is 5.16. The lowest BCUT2D eigenvalue weighted by atomic mass is 9.99. The van der Waals surface area contributed by atoms with Crippen LogP contribution in [0.25, 0.3) is 10.8 Å². The maximum atomic E-state index is 13.7. The summed E-state index contributed by atoms with van der Waals surface area (Å²) >= 11 is 0. The first-order valence-electron chi connectivity index (χ1n) is 14.2. The molecule has 0 radical (unpaired) electrons. The average Bonchev–Trinajstić information content (AvgIpc) is 3.03. The summed E-state index contributed by atoms with van der Waals surface area (Å²) < 4.78 is 6.53. The van der Waals surface area contributed by atoms with Gasteiger partial charge in [0.1, 0.15) is 6.10 Å². The minimum Gasteiger partial charge on any atom is -0.485 e. The van der Waals surface area contributed by atoms with E-state index in [4.69, 9.17) is 4.74 Å². The van der Waals surface area contributed by atoms with Gasteiger partial charge in [-0.2, -0.15) is 0 Å². The van der Waals surface area contributed by atoms with Crippen LogP contribution in [0, 0.1) is 5.92 Å². The van der Waals surface area contributed by atoms with Crippen LogP contribution in [0.4, 0.5) is 16.2 Å². The monoisotopic (exact) mass is 581 g/mol. The number of likely N-dealkylation sites (N-methyl/N-ethyl adjacent to an activating group) is 1. The molecule has 2 heterocycles. The molecule has 10 heteroatoms. The molecule has 5 rings (SSSR count). The van der Waals surface area contributed by atoms with Gasteiger partial charge in [-0.1, -0.05) is 49.4 Å². The van der Waals surface area contributed by atoms with E-state index in [9.17, 15) is 19.5 Å². The highest BCUT2D eigenvalue weighted by Crippen LogP contribution is 2.35. The summed E-state index contributed by atoms with van der Waals surface area (Å²) in [5, 5.41) is 17.8. The zero-order valence-corrected chi connectivity index (χ0v) is 24.4. The molecule has 222 valence electrons. The number of carbonyl (C=O) groups excluding carboxylic acids is 3. The summed E-state index contributed by atoms with van der Waals surface area (Å²) in [5.41, 5.74) is 1.68. The second-order valence-electron chi connectivity index (χ2n) is 10.8. The van der Waals surface area contributed by atoms with Crippen LogP contribution in [-0.4, -0.2) is 76.6 Å². The predicted molar refractivity (Wildman–Crippen MR) is 165 cm³/mol. The lowest BCUT2D eigenvalue weighted by Gasteiger charge is -2.38. The van der Waals surface area contributed by atoms with E-state index in [1.807, 2.05) is 49.4 Å². The molecule has 0 fully saturated rings. The Morgan fingerprint density at radius 3 is 2.49 bits per heavy atom. The van der Waals surface area contributed by atoms with Gasteiger partial charge < -0.3 is 30.3 Å². The molecule has 3 atom stereocenters.